The summed E-state index contributed by atoms with van der Waals surface area (Å²) in [6, 6.07) is 9.55. The van der Waals surface area contributed by atoms with Gasteiger partial charge in [0.1, 0.15) is 5.83 Å². The van der Waals surface area contributed by atoms with Crippen molar-refractivity contribution in [3.63, 3.8) is 0 Å². The first-order chi connectivity index (χ1) is 5.83. The van der Waals surface area contributed by atoms with Crippen LogP contribution in [-0.4, -0.2) is 11.7 Å². The summed E-state index contributed by atoms with van der Waals surface area (Å²) in [6.45, 7) is -0.507. The molecular formula is C10H11FO. The van der Waals surface area contributed by atoms with Crippen LogP contribution in [0.25, 0.3) is 0 Å². The largest absolute Gasteiger partial charge is 0.389 e. The molecule has 0 atom stereocenters. The lowest BCUT2D eigenvalue weighted by Gasteiger charge is -1.94. The lowest BCUT2D eigenvalue weighted by molar-refractivity contribution is 0.297. The summed E-state index contributed by atoms with van der Waals surface area (Å²) in [4.78, 5) is 0. The number of allylic oxidation sites excluding steroid dienone is 1. The average molecular weight is 166 g/mol. The van der Waals surface area contributed by atoms with Crippen molar-refractivity contribution < 1.29 is 9.50 Å². The van der Waals surface area contributed by atoms with E-state index < -0.39 is 12.4 Å². The van der Waals surface area contributed by atoms with E-state index in [1.54, 1.807) is 0 Å². The summed E-state index contributed by atoms with van der Waals surface area (Å²) in [5, 5.41) is 8.37. The molecule has 0 saturated heterocycles. The molecule has 0 aromatic heterocycles. The summed E-state index contributed by atoms with van der Waals surface area (Å²) in [5.74, 6) is -0.473. The molecule has 1 rings (SSSR count). The first-order valence-electron chi connectivity index (χ1n) is 3.82. The Morgan fingerprint density at radius 1 is 1.33 bits per heavy atom. The highest BCUT2D eigenvalue weighted by Crippen LogP contribution is 2.03. The molecule has 0 heterocycles. The topological polar surface area (TPSA) is 20.2 Å². The number of hydrogen-bond donors (Lipinski definition) is 1. The van der Waals surface area contributed by atoms with Gasteiger partial charge in [0.2, 0.25) is 0 Å². The maximum absolute atomic E-state index is 12.4. The predicted octanol–water partition coefficient (Wildman–Crippen LogP) is 2.07. The second kappa shape index (κ2) is 4.67. The van der Waals surface area contributed by atoms with Gasteiger partial charge in [-0.05, 0) is 18.1 Å². The van der Waals surface area contributed by atoms with E-state index >= 15 is 0 Å². The Balaban J connectivity index is 2.54. The summed E-state index contributed by atoms with van der Waals surface area (Å²) in [6.07, 6.45) is 1.92. The van der Waals surface area contributed by atoms with Gasteiger partial charge < -0.3 is 5.11 Å². The molecule has 2 heteroatoms. The van der Waals surface area contributed by atoms with E-state index in [0.29, 0.717) is 6.42 Å². The highest BCUT2D eigenvalue weighted by molar-refractivity contribution is 5.18. The Bertz CT molecular complexity index is 254. The fourth-order valence-corrected chi connectivity index (χ4v) is 0.907. The van der Waals surface area contributed by atoms with Gasteiger partial charge in [-0.1, -0.05) is 30.3 Å². The van der Waals surface area contributed by atoms with Crippen LogP contribution in [0.4, 0.5) is 4.39 Å². The quantitative estimate of drug-likeness (QED) is 0.728. The summed E-state index contributed by atoms with van der Waals surface area (Å²) >= 11 is 0. The van der Waals surface area contributed by atoms with Gasteiger partial charge in [0.15, 0.2) is 0 Å². The Labute approximate surface area is 71.2 Å². The van der Waals surface area contributed by atoms with Gasteiger partial charge in [-0.2, -0.15) is 0 Å². The third-order valence-corrected chi connectivity index (χ3v) is 1.55. The van der Waals surface area contributed by atoms with Crippen LogP contribution in [0.5, 0.6) is 0 Å². The van der Waals surface area contributed by atoms with Crippen LogP contribution in [0.15, 0.2) is 42.2 Å². The molecule has 0 bridgehead atoms. The van der Waals surface area contributed by atoms with Crippen molar-refractivity contribution in [2.24, 2.45) is 0 Å². The SMILES string of the molecule is OC/C(F)=C/Cc1ccccc1. The predicted molar refractivity (Wildman–Crippen MR) is 46.4 cm³/mol. The Hall–Kier alpha value is -1.15. The smallest absolute Gasteiger partial charge is 0.122 e. The van der Waals surface area contributed by atoms with Gasteiger partial charge in [0.05, 0.1) is 6.61 Å². The number of benzene rings is 1. The van der Waals surface area contributed by atoms with Gasteiger partial charge in [-0.3, -0.25) is 0 Å². The molecule has 0 unspecified atom stereocenters. The zero-order valence-electron chi connectivity index (χ0n) is 6.70. The highest BCUT2D eigenvalue weighted by Gasteiger charge is 1.91. The van der Waals surface area contributed by atoms with Gasteiger partial charge >= 0.3 is 0 Å². The van der Waals surface area contributed by atoms with Crippen molar-refractivity contribution in [1.82, 2.24) is 0 Å². The van der Waals surface area contributed by atoms with Crippen LogP contribution in [0.2, 0.25) is 0 Å². The minimum atomic E-state index is -0.507. The monoisotopic (exact) mass is 166 g/mol. The summed E-state index contributed by atoms with van der Waals surface area (Å²) in [7, 11) is 0. The third kappa shape index (κ3) is 2.84. The molecular weight excluding hydrogens is 155 g/mol. The summed E-state index contributed by atoms with van der Waals surface area (Å²) in [5.41, 5.74) is 1.04. The van der Waals surface area contributed by atoms with E-state index in [0.717, 1.165) is 5.56 Å². The molecule has 1 aromatic rings. The van der Waals surface area contributed by atoms with Crippen molar-refractivity contribution in [2.75, 3.05) is 6.61 Å². The van der Waals surface area contributed by atoms with Crippen molar-refractivity contribution in [3.05, 3.63) is 47.8 Å². The molecule has 0 aliphatic rings. The second-order valence-corrected chi connectivity index (χ2v) is 2.50. The summed E-state index contributed by atoms with van der Waals surface area (Å²) < 4.78 is 12.4. The first-order valence-corrected chi connectivity index (χ1v) is 3.82. The van der Waals surface area contributed by atoms with E-state index in [9.17, 15) is 4.39 Å². The number of rotatable bonds is 3. The molecule has 0 radical (unpaired) electrons. The van der Waals surface area contributed by atoms with E-state index in [4.69, 9.17) is 5.11 Å². The minimum Gasteiger partial charge on any atom is -0.389 e. The number of halogens is 1. The molecule has 0 aliphatic carbocycles. The maximum Gasteiger partial charge on any atom is 0.122 e. The van der Waals surface area contributed by atoms with E-state index in [2.05, 4.69) is 0 Å². The zero-order chi connectivity index (χ0) is 8.81. The maximum atomic E-state index is 12.4. The van der Waals surface area contributed by atoms with E-state index in [-0.39, 0.29) is 0 Å². The van der Waals surface area contributed by atoms with Gasteiger partial charge in [0.25, 0.3) is 0 Å². The van der Waals surface area contributed by atoms with Crippen LogP contribution < -0.4 is 0 Å². The number of hydrogen-bond acceptors (Lipinski definition) is 1. The van der Waals surface area contributed by atoms with Crippen LogP contribution in [-0.2, 0) is 6.42 Å². The fourth-order valence-electron chi connectivity index (χ4n) is 0.907. The third-order valence-electron chi connectivity index (χ3n) is 1.55. The molecule has 0 spiro atoms. The van der Waals surface area contributed by atoms with Gasteiger partial charge in [0, 0.05) is 0 Å². The van der Waals surface area contributed by atoms with Crippen LogP contribution >= 0.6 is 0 Å². The first kappa shape index (κ1) is 8.94. The van der Waals surface area contributed by atoms with Crippen LogP contribution in [0.3, 0.4) is 0 Å². The molecule has 0 aliphatic heterocycles. The molecule has 0 fully saturated rings. The van der Waals surface area contributed by atoms with Crippen LogP contribution in [0.1, 0.15) is 5.56 Å². The van der Waals surface area contributed by atoms with E-state index in [1.165, 1.54) is 6.08 Å². The molecule has 0 saturated carbocycles. The molecule has 1 N–H and O–H groups in total. The standard InChI is InChI=1S/C10H11FO/c11-10(8-12)7-6-9-4-2-1-3-5-9/h1-5,7,12H,6,8H2/b10-7-. The molecule has 0 amide bonds. The fraction of sp³-hybridized carbons (Fsp3) is 0.200. The zero-order valence-corrected chi connectivity index (χ0v) is 6.70. The van der Waals surface area contributed by atoms with Gasteiger partial charge in [-0.25, -0.2) is 4.39 Å². The van der Waals surface area contributed by atoms with Crippen molar-refractivity contribution in [2.45, 2.75) is 6.42 Å². The van der Waals surface area contributed by atoms with E-state index in [1.807, 2.05) is 30.3 Å². The molecule has 1 nitrogen and oxygen atoms in total. The highest BCUT2D eigenvalue weighted by atomic mass is 19.1. The lowest BCUT2D eigenvalue weighted by atomic mass is 10.1. The van der Waals surface area contributed by atoms with Crippen LogP contribution in [0, 0.1) is 0 Å². The Morgan fingerprint density at radius 2 is 2.00 bits per heavy atom. The number of aliphatic hydroxyl groups is 1. The molecule has 12 heavy (non-hydrogen) atoms. The average Bonchev–Trinajstić information content (AvgIpc) is 2.16. The minimum absolute atomic E-state index is 0.473. The van der Waals surface area contributed by atoms with Crippen molar-refractivity contribution >= 4 is 0 Å². The number of aliphatic hydroxyl groups excluding tert-OH is 1. The Kier molecular flexibility index (Phi) is 3.48. The Morgan fingerprint density at radius 3 is 2.58 bits per heavy atom. The second-order valence-electron chi connectivity index (χ2n) is 2.50. The van der Waals surface area contributed by atoms with Crippen molar-refractivity contribution in [3.8, 4) is 0 Å². The molecule has 64 valence electrons. The normalized spacial score (nSPS) is 11.7. The lowest BCUT2D eigenvalue weighted by Crippen LogP contribution is -1.85. The molecule has 1 aromatic carbocycles. The van der Waals surface area contributed by atoms with Gasteiger partial charge in [-0.15, -0.1) is 0 Å². The van der Waals surface area contributed by atoms with Crippen molar-refractivity contribution in [1.29, 1.82) is 0 Å².